The van der Waals surface area contributed by atoms with Crippen molar-refractivity contribution in [3.63, 3.8) is 0 Å². The Balaban J connectivity index is 2.91. The van der Waals surface area contributed by atoms with Crippen LogP contribution in [-0.2, 0) is 30.4 Å². The van der Waals surface area contributed by atoms with Crippen LogP contribution in [0.4, 0.5) is 0 Å². The number of aliphatic carboxylic acids is 1. The molecule has 0 heterocycles. The molecular formula is C24H37N5O6S. The van der Waals surface area contributed by atoms with Crippen molar-refractivity contribution >= 4 is 42.2 Å². The fourth-order valence-corrected chi connectivity index (χ4v) is 3.36. The predicted octanol–water partition coefficient (Wildman–Crippen LogP) is -0.404. The van der Waals surface area contributed by atoms with Crippen LogP contribution in [0.3, 0.4) is 0 Å². The predicted molar refractivity (Wildman–Crippen MR) is 138 cm³/mol. The Labute approximate surface area is 216 Å². The molecule has 0 aliphatic heterocycles. The van der Waals surface area contributed by atoms with Crippen molar-refractivity contribution in [2.45, 2.75) is 70.7 Å². The zero-order valence-electron chi connectivity index (χ0n) is 21.0. The maximum absolute atomic E-state index is 13.0. The number of hydrogen-bond donors (Lipinski definition) is 7. The third kappa shape index (κ3) is 10.6. The average molecular weight is 524 g/mol. The Morgan fingerprint density at radius 2 is 1.31 bits per heavy atom. The molecule has 1 aromatic rings. The second-order valence-corrected chi connectivity index (χ2v) is 9.39. The van der Waals surface area contributed by atoms with Crippen LogP contribution in [-0.4, -0.2) is 70.7 Å². The maximum Gasteiger partial charge on any atom is 0.326 e. The summed E-state index contributed by atoms with van der Waals surface area (Å²) in [6.07, 6.45) is 0.335. The highest BCUT2D eigenvalue weighted by Crippen LogP contribution is 2.08. The third-order valence-electron chi connectivity index (χ3n) is 5.27. The molecule has 36 heavy (non-hydrogen) atoms. The van der Waals surface area contributed by atoms with Crippen molar-refractivity contribution in [3.05, 3.63) is 35.9 Å². The smallest absolute Gasteiger partial charge is 0.326 e. The van der Waals surface area contributed by atoms with E-state index in [-0.39, 0.29) is 24.5 Å². The minimum atomic E-state index is -1.17. The molecule has 0 radical (unpaired) electrons. The fourth-order valence-electron chi connectivity index (χ4n) is 3.19. The highest BCUT2D eigenvalue weighted by molar-refractivity contribution is 7.80. The molecule has 0 saturated heterocycles. The summed E-state index contributed by atoms with van der Waals surface area (Å²) in [6.45, 7) is 6.55. The number of rotatable bonds is 14. The van der Waals surface area contributed by atoms with Gasteiger partial charge in [0.05, 0.1) is 6.04 Å². The van der Waals surface area contributed by atoms with Crippen LogP contribution >= 0.6 is 12.6 Å². The molecule has 7 N–H and O–H groups in total. The topological polar surface area (TPSA) is 180 Å². The molecule has 0 fully saturated rings. The highest BCUT2D eigenvalue weighted by Gasteiger charge is 2.29. The van der Waals surface area contributed by atoms with Gasteiger partial charge in [-0.25, -0.2) is 4.79 Å². The second-order valence-electron chi connectivity index (χ2n) is 9.03. The molecule has 0 aromatic heterocycles. The largest absolute Gasteiger partial charge is 0.480 e. The van der Waals surface area contributed by atoms with Gasteiger partial charge in [-0.2, -0.15) is 12.6 Å². The number of amides is 4. The van der Waals surface area contributed by atoms with Gasteiger partial charge in [0.2, 0.25) is 23.6 Å². The number of carbonyl (C=O) groups is 5. The van der Waals surface area contributed by atoms with Crippen LogP contribution in [0, 0.1) is 5.92 Å². The number of carboxylic acid groups (broad SMARTS) is 1. The zero-order valence-corrected chi connectivity index (χ0v) is 21.9. The summed E-state index contributed by atoms with van der Waals surface area (Å²) in [7, 11) is 0. The Kier molecular flexibility index (Phi) is 13.0. The van der Waals surface area contributed by atoms with E-state index < -0.39 is 59.8 Å². The van der Waals surface area contributed by atoms with Gasteiger partial charge in [0.15, 0.2) is 0 Å². The molecular weight excluding hydrogens is 486 g/mol. The lowest BCUT2D eigenvalue weighted by atomic mass is 10.0. The van der Waals surface area contributed by atoms with Crippen molar-refractivity contribution in [1.29, 1.82) is 0 Å². The maximum atomic E-state index is 13.0. The number of thiol groups is 1. The standard InChI is InChI=1S/C24H37N5O6S/c1-13(2)10-19(24(34)35)29-23(33)18(11-16-8-6-5-7-9-16)28-21(31)15(4)26-20(30)14(3)27-22(32)17(25)12-36/h5-9,13-15,17-19,36H,10-12,25H2,1-4H3,(H,26,30)(H,27,32)(H,28,31)(H,29,33)(H,34,35)/t14-,15-,17-,18-,19-/m0/s1. The van der Waals surface area contributed by atoms with Crippen LogP contribution in [0.2, 0.25) is 0 Å². The fraction of sp³-hybridized carbons (Fsp3) is 0.542. The van der Waals surface area contributed by atoms with E-state index in [2.05, 4.69) is 33.9 Å². The molecule has 0 aliphatic rings. The highest BCUT2D eigenvalue weighted by atomic mass is 32.1. The van der Waals surface area contributed by atoms with Gasteiger partial charge >= 0.3 is 5.97 Å². The molecule has 0 unspecified atom stereocenters. The van der Waals surface area contributed by atoms with E-state index in [0.717, 1.165) is 5.56 Å². The van der Waals surface area contributed by atoms with Crippen LogP contribution in [0.1, 0.15) is 39.7 Å². The Morgan fingerprint density at radius 1 is 0.806 bits per heavy atom. The molecule has 1 rings (SSSR count). The first kappa shape index (κ1) is 30.9. The summed E-state index contributed by atoms with van der Waals surface area (Å²) in [5.74, 6) is -3.53. The van der Waals surface area contributed by atoms with Gasteiger partial charge in [0.25, 0.3) is 0 Å². The molecule has 11 nitrogen and oxygen atoms in total. The molecule has 1 aromatic carbocycles. The summed E-state index contributed by atoms with van der Waals surface area (Å²) in [5, 5.41) is 19.5. The Bertz CT molecular complexity index is 914. The summed E-state index contributed by atoms with van der Waals surface area (Å²) in [5.41, 5.74) is 6.33. The first-order valence-corrected chi connectivity index (χ1v) is 12.3. The van der Waals surface area contributed by atoms with Gasteiger partial charge in [-0.1, -0.05) is 44.2 Å². The number of hydrogen-bond acceptors (Lipinski definition) is 7. The van der Waals surface area contributed by atoms with Gasteiger partial charge in [-0.05, 0) is 31.7 Å². The van der Waals surface area contributed by atoms with E-state index in [1.165, 1.54) is 13.8 Å². The van der Waals surface area contributed by atoms with Crippen molar-refractivity contribution in [1.82, 2.24) is 21.3 Å². The molecule has 12 heteroatoms. The SMILES string of the molecule is CC(C)C[C@H](NC(=O)[C@H](Cc1ccccc1)NC(=O)[C@H](C)NC(=O)[C@H](C)NC(=O)[C@@H](N)CS)C(=O)O. The molecule has 0 aliphatic carbocycles. The lowest BCUT2D eigenvalue weighted by molar-refractivity contribution is -0.142. The van der Waals surface area contributed by atoms with Crippen LogP contribution in [0.5, 0.6) is 0 Å². The van der Waals surface area contributed by atoms with Crippen molar-refractivity contribution < 1.29 is 29.1 Å². The van der Waals surface area contributed by atoms with Crippen LogP contribution in [0.15, 0.2) is 30.3 Å². The van der Waals surface area contributed by atoms with Gasteiger partial charge in [0, 0.05) is 12.2 Å². The first-order valence-electron chi connectivity index (χ1n) is 11.7. The van der Waals surface area contributed by atoms with Crippen molar-refractivity contribution in [2.75, 3.05) is 5.75 Å². The molecule has 0 saturated carbocycles. The first-order chi connectivity index (χ1) is 16.8. The van der Waals surface area contributed by atoms with E-state index in [9.17, 15) is 29.1 Å². The monoisotopic (exact) mass is 523 g/mol. The molecule has 0 spiro atoms. The minimum Gasteiger partial charge on any atom is -0.480 e. The van der Waals surface area contributed by atoms with E-state index in [4.69, 9.17) is 5.73 Å². The lowest BCUT2D eigenvalue weighted by Gasteiger charge is -2.24. The van der Waals surface area contributed by atoms with E-state index in [1.807, 2.05) is 13.8 Å². The quantitative estimate of drug-likeness (QED) is 0.162. The average Bonchev–Trinajstić information content (AvgIpc) is 2.82. The summed E-state index contributed by atoms with van der Waals surface area (Å²) >= 11 is 3.94. The van der Waals surface area contributed by atoms with Crippen molar-refractivity contribution in [2.24, 2.45) is 11.7 Å². The molecule has 200 valence electrons. The number of carbonyl (C=O) groups excluding carboxylic acids is 4. The summed E-state index contributed by atoms with van der Waals surface area (Å²) in [6, 6.07) is 3.83. The van der Waals surface area contributed by atoms with Crippen LogP contribution in [0.25, 0.3) is 0 Å². The Morgan fingerprint density at radius 3 is 1.81 bits per heavy atom. The van der Waals surface area contributed by atoms with Gasteiger partial charge < -0.3 is 32.1 Å². The van der Waals surface area contributed by atoms with E-state index in [0.29, 0.717) is 0 Å². The molecule has 0 bridgehead atoms. The molecule has 5 atom stereocenters. The van der Waals surface area contributed by atoms with Crippen LogP contribution < -0.4 is 27.0 Å². The Hall–Kier alpha value is -3.12. The number of nitrogens with one attached hydrogen (secondary N) is 4. The van der Waals surface area contributed by atoms with Gasteiger partial charge in [-0.15, -0.1) is 0 Å². The zero-order chi connectivity index (χ0) is 27.4. The lowest BCUT2D eigenvalue weighted by Crippen LogP contribution is -2.57. The minimum absolute atomic E-state index is 0.0218. The number of benzene rings is 1. The second kappa shape index (κ2) is 15.1. The van der Waals surface area contributed by atoms with E-state index in [1.54, 1.807) is 30.3 Å². The normalized spacial score (nSPS) is 15.1. The van der Waals surface area contributed by atoms with Gasteiger partial charge in [0.1, 0.15) is 24.2 Å². The molecule has 4 amide bonds. The summed E-state index contributed by atoms with van der Waals surface area (Å²) < 4.78 is 0. The third-order valence-corrected chi connectivity index (χ3v) is 5.67. The summed E-state index contributed by atoms with van der Waals surface area (Å²) in [4.78, 5) is 61.8. The van der Waals surface area contributed by atoms with E-state index >= 15 is 0 Å². The van der Waals surface area contributed by atoms with Gasteiger partial charge in [-0.3, -0.25) is 19.2 Å². The van der Waals surface area contributed by atoms with Crippen molar-refractivity contribution in [3.8, 4) is 0 Å². The number of carboxylic acids is 1. The number of nitrogens with two attached hydrogens (primary N) is 1.